The molecular weight excluding hydrogens is 304 g/mol. The maximum atomic E-state index is 13.0. The van der Waals surface area contributed by atoms with Gasteiger partial charge in [0.15, 0.2) is 0 Å². The van der Waals surface area contributed by atoms with Crippen molar-refractivity contribution in [3.63, 3.8) is 0 Å². The molecule has 1 aromatic carbocycles. The van der Waals surface area contributed by atoms with E-state index in [1.807, 2.05) is 36.9 Å². The van der Waals surface area contributed by atoms with Gasteiger partial charge < -0.3 is 14.5 Å². The SMILES string of the molecule is CC(C)OCC(=O)N1Cc2ccccc2C[C@@H]1C(=O)N1CCCC1. The van der Waals surface area contributed by atoms with E-state index in [2.05, 4.69) is 6.07 Å². The van der Waals surface area contributed by atoms with Crippen molar-refractivity contribution in [2.75, 3.05) is 19.7 Å². The minimum Gasteiger partial charge on any atom is -0.369 e. The summed E-state index contributed by atoms with van der Waals surface area (Å²) >= 11 is 0. The topological polar surface area (TPSA) is 49.9 Å². The molecule has 3 rings (SSSR count). The van der Waals surface area contributed by atoms with Gasteiger partial charge in [-0.2, -0.15) is 0 Å². The number of ether oxygens (including phenoxy) is 1. The fourth-order valence-corrected chi connectivity index (χ4v) is 3.47. The minimum absolute atomic E-state index is 0.00115. The Hall–Kier alpha value is -1.88. The van der Waals surface area contributed by atoms with Crippen LogP contribution in [0.2, 0.25) is 0 Å². The molecule has 24 heavy (non-hydrogen) atoms. The van der Waals surface area contributed by atoms with Crippen molar-refractivity contribution in [3.05, 3.63) is 35.4 Å². The largest absolute Gasteiger partial charge is 0.369 e. The molecule has 0 N–H and O–H groups in total. The van der Waals surface area contributed by atoms with Crippen LogP contribution in [-0.2, 0) is 27.3 Å². The normalized spacial score (nSPS) is 20.4. The number of rotatable bonds is 4. The van der Waals surface area contributed by atoms with Crippen LogP contribution in [0.15, 0.2) is 24.3 Å². The molecular formula is C19H26N2O3. The number of likely N-dealkylation sites (tertiary alicyclic amines) is 1. The second kappa shape index (κ2) is 7.34. The van der Waals surface area contributed by atoms with E-state index in [0.29, 0.717) is 13.0 Å². The fourth-order valence-electron chi connectivity index (χ4n) is 3.47. The summed E-state index contributed by atoms with van der Waals surface area (Å²) in [4.78, 5) is 29.2. The Balaban J connectivity index is 1.81. The Kier molecular flexibility index (Phi) is 5.19. The lowest BCUT2D eigenvalue weighted by atomic mass is 9.93. The Labute approximate surface area is 143 Å². The first-order chi connectivity index (χ1) is 11.6. The number of carbonyl (C=O) groups is 2. The van der Waals surface area contributed by atoms with Gasteiger partial charge in [0.2, 0.25) is 11.8 Å². The molecule has 1 fully saturated rings. The van der Waals surface area contributed by atoms with E-state index in [1.165, 1.54) is 5.56 Å². The fraction of sp³-hybridized carbons (Fsp3) is 0.579. The van der Waals surface area contributed by atoms with Crippen molar-refractivity contribution < 1.29 is 14.3 Å². The molecule has 0 bridgehead atoms. The van der Waals surface area contributed by atoms with Gasteiger partial charge in [-0.25, -0.2) is 0 Å². The Morgan fingerprint density at radius 1 is 1.17 bits per heavy atom. The van der Waals surface area contributed by atoms with Crippen LogP contribution < -0.4 is 0 Å². The second-order valence-corrected chi connectivity index (χ2v) is 6.90. The zero-order chi connectivity index (χ0) is 17.1. The number of hydrogen-bond donors (Lipinski definition) is 0. The average molecular weight is 330 g/mol. The number of benzene rings is 1. The highest BCUT2D eigenvalue weighted by molar-refractivity contribution is 5.89. The lowest BCUT2D eigenvalue weighted by molar-refractivity contribution is -0.150. The first-order valence-electron chi connectivity index (χ1n) is 8.83. The van der Waals surface area contributed by atoms with Crippen LogP contribution in [0.4, 0.5) is 0 Å². The van der Waals surface area contributed by atoms with Gasteiger partial charge in [0.25, 0.3) is 0 Å². The number of hydrogen-bond acceptors (Lipinski definition) is 3. The standard InChI is InChI=1S/C19H26N2O3/c1-14(2)24-13-18(22)21-12-16-8-4-3-7-15(16)11-17(21)19(23)20-9-5-6-10-20/h3-4,7-8,14,17H,5-6,9-13H2,1-2H3/t17-/m1/s1. The maximum Gasteiger partial charge on any atom is 0.249 e. The number of fused-ring (bicyclic) bond motifs is 1. The molecule has 5 nitrogen and oxygen atoms in total. The van der Waals surface area contributed by atoms with Crippen LogP contribution in [0.25, 0.3) is 0 Å². The van der Waals surface area contributed by atoms with Gasteiger partial charge in [0.1, 0.15) is 12.6 Å². The first-order valence-corrected chi connectivity index (χ1v) is 8.83. The van der Waals surface area contributed by atoms with E-state index in [1.54, 1.807) is 4.90 Å². The molecule has 0 aliphatic carbocycles. The third kappa shape index (κ3) is 3.61. The van der Waals surface area contributed by atoms with Crippen LogP contribution in [0, 0.1) is 0 Å². The predicted octanol–water partition coefficient (Wildman–Crippen LogP) is 1.99. The summed E-state index contributed by atoms with van der Waals surface area (Å²) in [6, 6.07) is 7.67. The molecule has 2 amide bonds. The highest BCUT2D eigenvalue weighted by atomic mass is 16.5. The van der Waals surface area contributed by atoms with E-state index < -0.39 is 6.04 Å². The van der Waals surface area contributed by atoms with Crippen LogP contribution in [0.5, 0.6) is 0 Å². The molecule has 0 radical (unpaired) electrons. The van der Waals surface area contributed by atoms with Gasteiger partial charge >= 0.3 is 0 Å². The van der Waals surface area contributed by atoms with E-state index in [0.717, 1.165) is 31.5 Å². The van der Waals surface area contributed by atoms with Gasteiger partial charge in [0, 0.05) is 26.1 Å². The molecule has 5 heteroatoms. The molecule has 1 atom stereocenters. The zero-order valence-corrected chi connectivity index (χ0v) is 14.5. The van der Waals surface area contributed by atoms with E-state index in [-0.39, 0.29) is 24.5 Å². The van der Waals surface area contributed by atoms with Crippen molar-refractivity contribution in [1.82, 2.24) is 9.80 Å². The molecule has 0 saturated carbocycles. The monoisotopic (exact) mass is 330 g/mol. The molecule has 1 saturated heterocycles. The summed E-state index contributed by atoms with van der Waals surface area (Å²) in [6.45, 7) is 5.95. The molecule has 0 unspecified atom stereocenters. The van der Waals surface area contributed by atoms with Crippen molar-refractivity contribution in [2.45, 2.75) is 51.8 Å². The first kappa shape index (κ1) is 17.0. The Bertz CT molecular complexity index is 608. The van der Waals surface area contributed by atoms with Crippen LogP contribution in [0.3, 0.4) is 0 Å². The molecule has 130 valence electrons. The lowest BCUT2D eigenvalue weighted by Gasteiger charge is -2.38. The summed E-state index contributed by atoms with van der Waals surface area (Å²) < 4.78 is 5.48. The van der Waals surface area contributed by atoms with Crippen LogP contribution in [-0.4, -0.2) is 53.5 Å². The van der Waals surface area contributed by atoms with Gasteiger partial charge in [0.05, 0.1) is 6.10 Å². The average Bonchev–Trinajstić information content (AvgIpc) is 3.12. The van der Waals surface area contributed by atoms with E-state index >= 15 is 0 Å². The number of carbonyl (C=O) groups excluding carboxylic acids is 2. The highest BCUT2D eigenvalue weighted by Crippen LogP contribution is 2.25. The van der Waals surface area contributed by atoms with Crippen molar-refractivity contribution >= 4 is 11.8 Å². The lowest BCUT2D eigenvalue weighted by Crippen LogP contribution is -2.54. The van der Waals surface area contributed by atoms with Gasteiger partial charge in [-0.1, -0.05) is 24.3 Å². The Morgan fingerprint density at radius 3 is 2.50 bits per heavy atom. The van der Waals surface area contributed by atoms with E-state index in [4.69, 9.17) is 4.74 Å². The second-order valence-electron chi connectivity index (χ2n) is 6.90. The molecule has 2 heterocycles. The van der Waals surface area contributed by atoms with E-state index in [9.17, 15) is 9.59 Å². The molecule has 2 aliphatic rings. The van der Waals surface area contributed by atoms with Gasteiger partial charge in [-0.05, 0) is 37.8 Å². The quantitative estimate of drug-likeness (QED) is 0.848. The molecule has 0 spiro atoms. The van der Waals surface area contributed by atoms with Gasteiger partial charge in [-0.3, -0.25) is 9.59 Å². The van der Waals surface area contributed by atoms with Crippen LogP contribution >= 0.6 is 0 Å². The Morgan fingerprint density at radius 2 is 1.83 bits per heavy atom. The summed E-state index contributed by atoms with van der Waals surface area (Å²) in [6.07, 6.45) is 2.71. The number of nitrogens with zero attached hydrogens (tertiary/aromatic N) is 2. The smallest absolute Gasteiger partial charge is 0.249 e. The third-order valence-corrected chi connectivity index (χ3v) is 4.81. The molecule has 0 aromatic heterocycles. The molecule has 2 aliphatic heterocycles. The summed E-state index contributed by atoms with van der Waals surface area (Å²) in [7, 11) is 0. The van der Waals surface area contributed by atoms with Crippen molar-refractivity contribution in [1.29, 1.82) is 0 Å². The zero-order valence-electron chi connectivity index (χ0n) is 14.5. The van der Waals surface area contributed by atoms with Crippen molar-refractivity contribution in [3.8, 4) is 0 Å². The number of amides is 2. The summed E-state index contributed by atoms with van der Waals surface area (Å²) in [5.74, 6) is -0.0179. The minimum atomic E-state index is -0.402. The van der Waals surface area contributed by atoms with Gasteiger partial charge in [-0.15, -0.1) is 0 Å². The summed E-state index contributed by atoms with van der Waals surface area (Å²) in [5.41, 5.74) is 2.30. The third-order valence-electron chi connectivity index (χ3n) is 4.81. The predicted molar refractivity (Wildman–Crippen MR) is 91.4 cm³/mol. The summed E-state index contributed by atoms with van der Waals surface area (Å²) in [5, 5.41) is 0. The highest BCUT2D eigenvalue weighted by Gasteiger charge is 2.37. The maximum absolute atomic E-state index is 13.0. The van der Waals surface area contributed by atoms with Crippen LogP contribution in [0.1, 0.15) is 37.8 Å². The van der Waals surface area contributed by atoms with Crippen molar-refractivity contribution in [2.24, 2.45) is 0 Å². The molecule has 1 aromatic rings.